The van der Waals surface area contributed by atoms with Gasteiger partial charge in [0.05, 0.1) is 5.75 Å². The van der Waals surface area contributed by atoms with Gasteiger partial charge in [0.15, 0.2) is 0 Å². The number of nitrogen functional groups attached to an aromatic ring is 1. The monoisotopic (exact) mass is 318 g/mol. The van der Waals surface area contributed by atoms with E-state index in [-0.39, 0.29) is 23.0 Å². The molecule has 7 heteroatoms. The van der Waals surface area contributed by atoms with Crippen molar-refractivity contribution in [3.05, 3.63) is 48.0 Å². The summed E-state index contributed by atoms with van der Waals surface area (Å²) in [6.07, 6.45) is 0. The van der Waals surface area contributed by atoms with Gasteiger partial charge in [-0.3, -0.25) is 4.79 Å². The number of aromatic hydroxyl groups is 1. The Bertz CT molecular complexity index is 701. The molecule has 0 unspecified atom stereocenters. The minimum atomic E-state index is -1.26. The van der Waals surface area contributed by atoms with E-state index in [2.05, 4.69) is 5.32 Å². The molecule has 114 valence electrons. The number of thioether (sulfide) groups is 1. The van der Waals surface area contributed by atoms with Crippen molar-refractivity contribution in [1.29, 1.82) is 0 Å². The van der Waals surface area contributed by atoms with E-state index < -0.39 is 5.97 Å². The lowest BCUT2D eigenvalue weighted by molar-refractivity contribution is -0.113. The third kappa shape index (κ3) is 4.16. The molecule has 0 bridgehead atoms. The van der Waals surface area contributed by atoms with Crippen LogP contribution < -0.4 is 11.1 Å². The second-order valence-corrected chi connectivity index (χ2v) is 5.49. The number of hydrogen-bond acceptors (Lipinski definition) is 5. The minimum absolute atomic E-state index is 0.174. The number of anilines is 2. The van der Waals surface area contributed by atoms with Gasteiger partial charge in [-0.05, 0) is 42.5 Å². The van der Waals surface area contributed by atoms with Crippen molar-refractivity contribution >= 4 is 35.0 Å². The Morgan fingerprint density at radius 2 is 1.82 bits per heavy atom. The summed E-state index contributed by atoms with van der Waals surface area (Å²) in [7, 11) is 0. The summed E-state index contributed by atoms with van der Waals surface area (Å²) < 4.78 is 0. The van der Waals surface area contributed by atoms with Gasteiger partial charge >= 0.3 is 5.97 Å². The average Bonchev–Trinajstić information content (AvgIpc) is 2.48. The minimum Gasteiger partial charge on any atom is -0.507 e. The summed E-state index contributed by atoms with van der Waals surface area (Å²) in [4.78, 5) is 23.7. The lowest BCUT2D eigenvalue weighted by Crippen LogP contribution is -2.14. The zero-order valence-electron chi connectivity index (χ0n) is 11.4. The van der Waals surface area contributed by atoms with Gasteiger partial charge < -0.3 is 21.3 Å². The first-order valence-corrected chi connectivity index (χ1v) is 7.29. The van der Waals surface area contributed by atoms with Gasteiger partial charge in [-0.25, -0.2) is 4.79 Å². The van der Waals surface area contributed by atoms with Crippen molar-refractivity contribution in [3.8, 4) is 5.75 Å². The second-order valence-electron chi connectivity index (χ2n) is 4.44. The Morgan fingerprint density at radius 1 is 1.14 bits per heavy atom. The van der Waals surface area contributed by atoms with Crippen molar-refractivity contribution < 1.29 is 19.8 Å². The maximum Gasteiger partial charge on any atom is 0.339 e. The summed E-state index contributed by atoms with van der Waals surface area (Å²) in [5, 5.41) is 20.9. The molecule has 0 atom stereocenters. The van der Waals surface area contributed by atoms with E-state index in [0.717, 1.165) is 4.90 Å². The van der Waals surface area contributed by atoms with Gasteiger partial charge in [-0.15, -0.1) is 11.8 Å². The Kier molecular flexibility index (Phi) is 4.90. The Morgan fingerprint density at radius 3 is 2.45 bits per heavy atom. The molecule has 0 aliphatic carbocycles. The highest BCUT2D eigenvalue weighted by atomic mass is 32.2. The Hall–Kier alpha value is -2.67. The van der Waals surface area contributed by atoms with Crippen LogP contribution in [0.15, 0.2) is 47.4 Å². The van der Waals surface area contributed by atoms with Crippen molar-refractivity contribution in [3.63, 3.8) is 0 Å². The zero-order chi connectivity index (χ0) is 16.1. The van der Waals surface area contributed by atoms with Crippen LogP contribution in [0.5, 0.6) is 5.75 Å². The van der Waals surface area contributed by atoms with E-state index in [9.17, 15) is 14.7 Å². The topological polar surface area (TPSA) is 113 Å². The van der Waals surface area contributed by atoms with E-state index in [1.54, 1.807) is 12.1 Å². The molecule has 2 rings (SSSR count). The number of rotatable bonds is 5. The summed E-state index contributed by atoms with van der Waals surface area (Å²) in [6, 6.07) is 11.0. The predicted octanol–water partition coefficient (Wildman–Crippen LogP) is 2.40. The zero-order valence-corrected chi connectivity index (χ0v) is 12.3. The molecule has 6 nitrogen and oxygen atoms in total. The molecule has 2 aromatic carbocycles. The first kappa shape index (κ1) is 15.7. The number of carboxylic acid groups (broad SMARTS) is 1. The summed E-state index contributed by atoms with van der Waals surface area (Å²) >= 11 is 1.34. The molecule has 0 fully saturated rings. The van der Waals surface area contributed by atoms with Gasteiger partial charge in [0.1, 0.15) is 11.3 Å². The number of hydrogen-bond donors (Lipinski definition) is 4. The molecule has 0 heterocycles. The van der Waals surface area contributed by atoms with Crippen molar-refractivity contribution in [1.82, 2.24) is 0 Å². The summed E-state index contributed by atoms with van der Waals surface area (Å²) in [6.45, 7) is 0. The van der Waals surface area contributed by atoms with Gasteiger partial charge in [0.2, 0.25) is 5.91 Å². The van der Waals surface area contributed by atoms with Crippen molar-refractivity contribution in [2.24, 2.45) is 0 Å². The quantitative estimate of drug-likeness (QED) is 0.382. The fourth-order valence-electron chi connectivity index (χ4n) is 1.70. The highest BCUT2D eigenvalue weighted by Gasteiger charge is 2.11. The van der Waals surface area contributed by atoms with Crippen LogP contribution in [-0.2, 0) is 4.79 Å². The molecule has 2 aromatic rings. The lowest BCUT2D eigenvalue weighted by Gasteiger charge is -2.07. The molecule has 0 aromatic heterocycles. The smallest absolute Gasteiger partial charge is 0.339 e. The molecule has 5 N–H and O–H groups in total. The van der Waals surface area contributed by atoms with Crippen LogP contribution in [0.4, 0.5) is 11.4 Å². The van der Waals surface area contributed by atoms with E-state index in [0.29, 0.717) is 11.4 Å². The standard InChI is InChI=1S/C15H14N2O4S/c16-9-1-4-11(5-2-9)22-8-14(19)17-10-3-6-13(18)12(7-10)15(20)21/h1-7,18H,8,16H2,(H,17,19)(H,20,21). The number of carboxylic acids is 1. The number of benzene rings is 2. The molecular formula is C15H14N2O4S. The second kappa shape index (κ2) is 6.86. The largest absolute Gasteiger partial charge is 0.507 e. The number of nitrogens with one attached hydrogen (secondary N) is 1. The Balaban J connectivity index is 1.96. The molecule has 0 aliphatic rings. The molecule has 22 heavy (non-hydrogen) atoms. The number of phenols is 1. The molecule has 1 amide bonds. The number of nitrogens with two attached hydrogens (primary N) is 1. The maximum atomic E-state index is 11.9. The van der Waals surface area contributed by atoms with Gasteiger partial charge in [-0.2, -0.15) is 0 Å². The van der Waals surface area contributed by atoms with Crippen molar-refractivity contribution in [2.75, 3.05) is 16.8 Å². The highest BCUT2D eigenvalue weighted by molar-refractivity contribution is 8.00. The van der Waals surface area contributed by atoms with Gasteiger partial charge in [-0.1, -0.05) is 0 Å². The van der Waals surface area contributed by atoms with E-state index >= 15 is 0 Å². The first-order valence-electron chi connectivity index (χ1n) is 6.30. The fourth-order valence-corrected chi connectivity index (χ4v) is 2.39. The third-order valence-corrected chi connectivity index (χ3v) is 3.77. The molecule has 0 saturated carbocycles. The summed E-state index contributed by atoms with van der Waals surface area (Å²) in [5.41, 5.74) is 6.29. The van der Waals surface area contributed by atoms with Crippen LogP contribution in [0.3, 0.4) is 0 Å². The number of carbonyl (C=O) groups is 2. The van der Waals surface area contributed by atoms with E-state index in [4.69, 9.17) is 10.8 Å². The van der Waals surface area contributed by atoms with Crippen LogP contribution in [0.1, 0.15) is 10.4 Å². The van der Waals surface area contributed by atoms with Crippen LogP contribution in [0.25, 0.3) is 0 Å². The molecule has 0 radical (unpaired) electrons. The predicted molar refractivity (Wildman–Crippen MR) is 85.3 cm³/mol. The van der Waals surface area contributed by atoms with Crippen LogP contribution in [0, 0.1) is 0 Å². The van der Waals surface area contributed by atoms with Crippen LogP contribution in [0.2, 0.25) is 0 Å². The molecular weight excluding hydrogens is 304 g/mol. The number of carbonyl (C=O) groups excluding carboxylic acids is 1. The van der Waals surface area contributed by atoms with Gasteiger partial charge in [0, 0.05) is 16.3 Å². The first-order chi connectivity index (χ1) is 10.5. The number of amides is 1. The lowest BCUT2D eigenvalue weighted by atomic mass is 10.2. The summed E-state index contributed by atoms with van der Waals surface area (Å²) in [5.74, 6) is -1.71. The molecule has 0 spiro atoms. The van der Waals surface area contributed by atoms with E-state index in [1.165, 1.54) is 30.0 Å². The molecule has 0 aliphatic heterocycles. The van der Waals surface area contributed by atoms with Crippen molar-refractivity contribution in [2.45, 2.75) is 4.90 Å². The molecule has 0 saturated heterocycles. The van der Waals surface area contributed by atoms with Gasteiger partial charge in [0.25, 0.3) is 0 Å². The number of aromatic carboxylic acids is 1. The average molecular weight is 318 g/mol. The van der Waals surface area contributed by atoms with Crippen LogP contribution >= 0.6 is 11.8 Å². The third-order valence-electron chi connectivity index (χ3n) is 2.76. The van der Waals surface area contributed by atoms with E-state index in [1.807, 2.05) is 12.1 Å². The maximum absolute atomic E-state index is 11.9. The normalized spacial score (nSPS) is 10.2. The fraction of sp³-hybridized carbons (Fsp3) is 0.0667. The Labute approximate surface area is 131 Å². The van der Waals surface area contributed by atoms with Crippen LogP contribution in [-0.4, -0.2) is 27.8 Å². The highest BCUT2D eigenvalue weighted by Crippen LogP contribution is 2.23. The SMILES string of the molecule is Nc1ccc(SCC(=O)Nc2ccc(O)c(C(=O)O)c2)cc1.